The van der Waals surface area contributed by atoms with Crippen LogP contribution >= 0.6 is 0 Å². The lowest BCUT2D eigenvalue weighted by molar-refractivity contribution is -0.117. The van der Waals surface area contributed by atoms with Gasteiger partial charge in [0.2, 0.25) is 5.91 Å². The summed E-state index contributed by atoms with van der Waals surface area (Å²) < 4.78 is 4.63. The quantitative estimate of drug-likeness (QED) is 0.345. The first-order valence-electron chi connectivity index (χ1n) is 4.93. The maximum atomic E-state index is 11.4. The Kier molecular flexibility index (Phi) is 4.72. The highest BCUT2D eigenvalue weighted by Gasteiger charge is 2.11. The van der Waals surface area contributed by atoms with Crippen LogP contribution in [0.3, 0.4) is 0 Å². The first-order chi connectivity index (χ1) is 8.19. The molecule has 0 saturated carbocycles. The van der Waals surface area contributed by atoms with Crippen LogP contribution in [0.25, 0.3) is 10.4 Å². The number of carbonyl (C=O) groups is 2. The lowest BCUT2D eigenvalue weighted by Gasteiger charge is -2.05. The molecule has 0 aliphatic carbocycles. The van der Waals surface area contributed by atoms with Gasteiger partial charge in [-0.3, -0.25) is 4.79 Å². The fourth-order valence-electron chi connectivity index (χ4n) is 1.39. The molecule has 0 N–H and O–H groups in total. The van der Waals surface area contributed by atoms with Gasteiger partial charge in [-0.2, -0.15) is 0 Å². The molecule has 0 heterocycles. The number of aryl methyl sites for hydroxylation is 1. The second-order valence-corrected chi connectivity index (χ2v) is 3.23. The van der Waals surface area contributed by atoms with E-state index in [1.54, 1.807) is 24.3 Å². The molecule has 0 unspecified atom stereocenters. The molecule has 6 heteroatoms. The zero-order chi connectivity index (χ0) is 12.7. The molecular formula is C11H11N3O3. The molecular weight excluding hydrogens is 222 g/mol. The third kappa shape index (κ3) is 3.62. The predicted octanol–water partition coefficient (Wildman–Crippen LogP) is 2.24. The van der Waals surface area contributed by atoms with Crippen molar-refractivity contribution in [1.82, 2.24) is 0 Å². The van der Waals surface area contributed by atoms with Crippen LogP contribution in [0.4, 0.5) is 0 Å². The van der Waals surface area contributed by atoms with Crippen LogP contribution in [0.2, 0.25) is 0 Å². The van der Waals surface area contributed by atoms with Crippen LogP contribution in [-0.2, 0) is 16.0 Å². The number of hydrogen-bond acceptors (Lipinski definition) is 3. The summed E-state index contributed by atoms with van der Waals surface area (Å²) in [5, 5.41) is 2.96. The largest absolute Gasteiger partial charge is 0.465 e. The summed E-state index contributed by atoms with van der Waals surface area (Å²) in [5.74, 6) is -0.996. The van der Waals surface area contributed by atoms with Gasteiger partial charge < -0.3 is 4.74 Å². The van der Waals surface area contributed by atoms with Crippen molar-refractivity contribution in [2.75, 3.05) is 7.11 Å². The third-order valence-electron chi connectivity index (χ3n) is 2.19. The van der Waals surface area contributed by atoms with E-state index in [1.807, 2.05) is 0 Å². The van der Waals surface area contributed by atoms with Crippen LogP contribution in [0.1, 0.15) is 22.3 Å². The normalized spacial score (nSPS) is 9.24. The number of ether oxygens (including phenoxy) is 1. The molecule has 88 valence electrons. The van der Waals surface area contributed by atoms with Gasteiger partial charge in [0.1, 0.15) is 0 Å². The molecule has 0 aliphatic rings. The summed E-state index contributed by atoms with van der Waals surface area (Å²) in [5.41, 5.74) is 9.19. The lowest BCUT2D eigenvalue weighted by Crippen LogP contribution is -2.06. The van der Waals surface area contributed by atoms with Gasteiger partial charge in [-0.05, 0) is 28.7 Å². The van der Waals surface area contributed by atoms with Crippen molar-refractivity contribution < 1.29 is 14.3 Å². The van der Waals surface area contributed by atoms with Crippen molar-refractivity contribution >= 4 is 11.9 Å². The summed E-state index contributed by atoms with van der Waals surface area (Å²) in [6.45, 7) is 0. The Balaban J connectivity index is 2.80. The highest BCUT2D eigenvalue weighted by atomic mass is 16.5. The van der Waals surface area contributed by atoms with Crippen molar-refractivity contribution in [2.45, 2.75) is 12.8 Å². The van der Waals surface area contributed by atoms with Gasteiger partial charge in [-0.15, -0.1) is 0 Å². The zero-order valence-corrected chi connectivity index (χ0v) is 9.29. The molecule has 17 heavy (non-hydrogen) atoms. The molecule has 0 fully saturated rings. The van der Waals surface area contributed by atoms with Crippen LogP contribution in [-0.4, -0.2) is 19.0 Å². The van der Waals surface area contributed by atoms with E-state index in [2.05, 4.69) is 14.8 Å². The fraction of sp³-hybridized carbons (Fsp3) is 0.273. The maximum Gasteiger partial charge on any atom is 0.338 e. The summed E-state index contributed by atoms with van der Waals surface area (Å²) in [6, 6.07) is 6.83. The Morgan fingerprint density at radius 1 is 1.41 bits per heavy atom. The Hall–Kier alpha value is -2.33. The molecule has 0 atom stereocenters. The number of benzene rings is 1. The number of carbonyl (C=O) groups excluding carboxylic acids is 2. The molecule has 1 rings (SSSR count). The van der Waals surface area contributed by atoms with Crippen LogP contribution in [0.5, 0.6) is 0 Å². The van der Waals surface area contributed by atoms with Crippen molar-refractivity contribution in [2.24, 2.45) is 5.11 Å². The SMILES string of the molecule is COC(=O)c1ccccc1CCC(=O)N=[N+]=[N-]. The average molecular weight is 233 g/mol. The molecule has 6 nitrogen and oxygen atoms in total. The van der Waals surface area contributed by atoms with E-state index in [9.17, 15) is 9.59 Å². The van der Waals surface area contributed by atoms with Gasteiger partial charge in [-0.25, -0.2) is 4.79 Å². The van der Waals surface area contributed by atoms with Crippen LogP contribution in [0.15, 0.2) is 29.4 Å². The van der Waals surface area contributed by atoms with E-state index in [0.717, 1.165) is 0 Å². The van der Waals surface area contributed by atoms with Crippen molar-refractivity contribution in [3.8, 4) is 0 Å². The number of amides is 1. The molecule has 0 aromatic heterocycles. The third-order valence-corrected chi connectivity index (χ3v) is 2.19. The Morgan fingerprint density at radius 3 is 2.76 bits per heavy atom. The first-order valence-corrected chi connectivity index (χ1v) is 4.93. The molecule has 0 saturated heterocycles. The van der Waals surface area contributed by atoms with E-state index in [-0.39, 0.29) is 6.42 Å². The van der Waals surface area contributed by atoms with Gasteiger partial charge in [0, 0.05) is 11.3 Å². The highest BCUT2D eigenvalue weighted by Crippen LogP contribution is 2.12. The van der Waals surface area contributed by atoms with Crippen LogP contribution < -0.4 is 0 Å². The molecule has 0 aliphatic heterocycles. The fourth-order valence-corrected chi connectivity index (χ4v) is 1.39. The van der Waals surface area contributed by atoms with Gasteiger partial charge in [0.25, 0.3) is 0 Å². The molecule has 0 radical (unpaired) electrons. The zero-order valence-electron chi connectivity index (χ0n) is 9.29. The summed E-state index contributed by atoms with van der Waals surface area (Å²) in [4.78, 5) is 24.9. The number of nitrogens with zero attached hydrogens (tertiary/aromatic N) is 3. The highest BCUT2D eigenvalue weighted by molar-refractivity contribution is 5.91. The van der Waals surface area contributed by atoms with Crippen LogP contribution in [0, 0.1) is 0 Å². The summed E-state index contributed by atoms with van der Waals surface area (Å²) in [6.07, 6.45) is 0.404. The summed E-state index contributed by atoms with van der Waals surface area (Å²) >= 11 is 0. The Labute approximate surface area is 97.8 Å². The number of rotatable bonds is 4. The van der Waals surface area contributed by atoms with E-state index in [4.69, 9.17) is 5.53 Å². The number of esters is 1. The minimum atomic E-state index is -0.549. The van der Waals surface area contributed by atoms with E-state index in [0.29, 0.717) is 17.5 Å². The minimum absolute atomic E-state index is 0.0675. The van der Waals surface area contributed by atoms with Gasteiger partial charge in [0.15, 0.2) is 0 Å². The molecule has 0 spiro atoms. The standard InChI is InChI=1S/C11H11N3O3/c1-17-11(16)9-5-3-2-4-8(9)6-7-10(15)13-14-12/h2-5H,6-7H2,1H3. The van der Waals surface area contributed by atoms with Gasteiger partial charge in [-0.1, -0.05) is 18.2 Å². The van der Waals surface area contributed by atoms with E-state index >= 15 is 0 Å². The number of methoxy groups -OCH3 is 1. The molecule has 1 aromatic rings. The second-order valence-electron chi connectivity index (χ2n) is 3.23. The monoisotopic (exact) mass is 233 g/mol. The van der Waals surface area contributed by atoms with E-state index in [1.165, 1.54) is 7.11 Å². The molecule has 1 aromatic carbocycles. The molecule has 1 amide bonds. The van der Waals surface area contributed by atoms with Gasteiger partial charge in [0.05, 0.1) is 12.7 Å². The Morgan fingerprint density at radius 2 is 2.12 bits per heavy atom. The second kappa shape index (κ2) is 6.30. The smallest absolute Gasteiger partial charge is 0.338 e. The van der Waals surface area contributed by atoms with Gasteiger partial charge >= 0.3 is 5.97 Å². The van der Waals surface area contributed by atoms with Crippen molar-refractivity contribution in [1.29, 1.82) is 0 Å². The topological polar surface area (TPSA) is 92.1 Å². The molecule has 0 bridgehead atoms. The lowest BCUT2D eigenvalue weighted by atomic mass is 10.0. The van der Waals surface area contributed by atoms with Crippen molar-refractivity contribution in [3.05, 3.63) is 45.8 Å². The first kappa shape index (κ1) is 12.7. The predicted molar refractivity (Wildman–Crippen MR) is 60.3 cm³/mol. The maximum absolute atomic E-state index is 11.4. The number of azide groups is 1. The minimum Gasteiger partial charge on any atom is -0.465 e. The average Bonchev–Trinajstić information content (AvgIpc) is 2.36. The summed E-state index contributed by atoms with van der Waals surface area (Å²) in [7, 11) is 1.30. The number of hydrogen-bond donors (Lipinski definition) is 0. The van der Waals surface area contributed by atoms with Crippen molar-refractivity contribution in [3.63, 3.8) is 0 Å². The van der Waals surface area contributed by atoms with E-state index < -0.39 is 11.9 Å². The Bertz CT molecular complexity index is 479.